The van der Waals surface area contributed by atoms with E-state index in [1.165, 1.54) is 24.5 Å². The highest BCUT2D eigenvalue weighted by Gasteiger charge is 2.46. The molecule has 49 heavy (non-hydrogen) atoms. The molecule has 2 aliphatic rings. The molecule has 3 N–H and O–H groups in total. The summed E-state index contributed by atoms with van der Waals surface area (Å²) in [7, 11) is 0. The smallest absolute Gasteiger partial charge is 0.344 e. The lowest BCUT2D eigenvalue weighted by Gasteiger charge is -2.27. The standard InChI is InChI=1S/C35H36N6O8/c42-28-14-13-26(33(44)40-28)41-34(45)24-11-8-12-27(30(24)35(41)46)49-20-29(43)48-18-6-4-2-1-3-5-17-47-23-10-7-9-22(19-23)39-32-25-15-16-36-31(25)37-21-38-32/h7-12,15-16,19,21,26H,1-6,13-14,17-18,20H2,(H,40,42,44)(H2,36,37,38,39). The number of amides is 4. The number of unbranched alkanes of at least 4 members (excludes halogenated alkanes) is 5. The Bertz CT molecular complexity index is 1870. The van der Waals surface area contributed by atoms with E-state index in [9.17, 15) is 24.0 Å². The fourth-order valence-electron chi connectivity index (χ4n) is 5.84. The van der Waals surface area contributed by atoms with E-state index < -0.39 is 42.2 Å². The average Bonchev–Trinajstić information content (AvgIpc) is 3.68. The van der Waals surface area contributed by atoms with Crippen LogP contribution < -0.4 is 20.1 Å². The number of rotatable bonds is 16. The first-order valence-corrected chi connectivity index (χ1v) is 16.3. The largest absolute Gasteiger partial charge is 0.494 e. The number of aromatic nitrogens is 3. The summed E-state index contributed by atoms with van der Waals surface area (Å²) in [4.78, 5) is 74.7. The lowest BCUT2D eigenvalue weighted by molar-refractivity contribution is -0.146. The summed E-state index contributed by atoms with van der Waals surface area (Å²) < 4.78 is 16.8. The molecule has 2 aliphatic heterocycles. The molecule has 1 unspecified atom stereocenters. The molecule has 0 bridgehead atoms. The van der Waals surface area contributed by atoms with E-state index in [-0.39, 0.29) is 36.3 Å². The Hall–Kier alpha value is -5.79. The third-order valence-corrected chi connectivity index (χ3v) is 8.30. The van der Waals surface area contributed by atoms with Gasteiger partial charge in [0.25, 0.3) is 11.8 Å². The van der Waals surface area contributed by atoms with Crippen LogP contribution in [0.2, 0.25) is 0 Å². The summed E-state index contributed by atoms with van der Waals surface area (Å²) in [6, 6.07) is 13.1. The van der Waals surface area contributed by atoms with E-state index >= 15 is 0 Å². The van der Waals surface area contributed by atoms with Crippen molar-refractivity contribution in [3.05, 3.63) is 72.2 Å². The van der Waals surface area contributed by atoms with Gasteiger partial charge in [-0.25, -0.2) is 14.8 Å². The number of nitrogens with zero attached hydrogens (tertiary/aromatic N) is 3. The molecular weight excluding hydrogens is 632 g/mol. The van der Waals surface area contributed by atoms with Crippen LogP contribution in [0.25, 0.3) is 11.0 Å². The van der Waals surface area contributed by atoms with Gasteiger partial charge in [-0.05, 0) is 49.6 Å². The van der Waals surface area contributed by atoms with Crippen molar-refractivity contribution in [2.75, 3.05) is 25.1 Å². The van der Waals surface area contributed by atoms with Gasteiger partial charge in [-0.15, -0.1) is 0 Å². The maximum atomic E-state index is 13.1. The van der Waals surface area contributed by atoms with Gasteiger partial charge in [-0.3, -0.25) is 29.4 Å². The van der Waals surface area contributed by atoms with E-state index in [1.54, 1.807) is 0 Å². The van der Waals surface area contributed by atoms with Crippen LogP contribution in [0, 0.1) is 0 Å². The van der Waals surface area contributed by atoms with Gasteiger partial charge >= 0.3 is 5.97 Å². The summed E-state index contributed by atoms with van der Waals surface area (Å²) in [6.07, 6.45) is 8.98. The van der Waals surface area contributed by atoms with Crippen molar-refractivity contribution >= 4 is 52.1 Å². The highest BCUT2D eigenvalue weighted by Crippen LogP contribution is 2.33. The van der Waals surface area contributed by atoms with Crippen LogP contribution in [-0.2, 0) is 19.1 Å². The second-order valence-corrected chi connectivity index (χ2v) is 11.7. The van der Waals surface area contributed by atoms with Crippen LogP contribution in [0.1, 0.15) is 72.1 Å². The molecule has 4 aromatic rings. The molecule has 1 atom stereocenters. The van der Waals surface area contributed by atoms with E-state index in [0.29, 0.717) is 13.0 Å². The number of hydrogen-bond acceptors (Lipinski definition) is 11. The number of aromatic amines is 1. The first kappa shape index (κ1) is 33.1. The zero-order valence-corrected chi connectivity index (χ0v) is 26.7. The third-order valence-electron chi connectivity index (χ3n) is 8.30. The molecule has 14 heteroatoms. The topological polar surface area (TPSA) is 182 Å². The Labute approximate surface area is 281 Å². The summed E-state index contributed by atoms with van der Waals surface area (Å²) in [5.41, 5.74) is 1.70. The summed E-state index contributed by atoms with van der Waals surface area (Å²) >= 11 is 0. The highest BCUT2D eigenvalue weighted by atomic mass is 16.6. The minimum atomic E-state index is -1.09. The number of piperidine rings is 1. The van der Waals surface area contributed by atoms with Gasteiger partial charge in [-0.2, -0.15) is 0 Å². The Morgan fingerprint density at radius 3 is 2.53 bits per heavy atom. The number of anilines is 2. The van der Waals surface area contributed by atoms with Gasteiger partial charge in [0.2, 0.25) is 11.8 Å². The van der Waals surface area contributed by atoms with Gasteiger partial charge in [0.15, 0.2) is 6.61 Å². The third kappa shape index (κ3) is 7.86. The van der Waals surface area contributed by atoms with E-state index in [2.05, 4.69) is 25.6 Å². The number of esters is 1. The maximum absolute atomic E-state index is 13.1. The van der Waals surface area contributed by atoms with Crippen molar-refractivity contribution < 1.29 is 38.2 Å². The molecule has 2 aromatic heterocycles. The van der Waals surface area contributed by atoms with Gasteiger partial charge in [0.1, 0.15) is 35.3 Å². The maximum Gasteiger partial charge on any atom is 0.344 e. The molecule has 1 saturated heterocycles. The van der Waals surface area contributed by atoms with Crippen LogP contribution >= 0.6 is 0 Å². The van der Waals surface area contributed by atoms with Crippen molar-refractivity contribution in [2.45, 2.75) is 57.4 Å². The SMILES string of the molecule is O=C1CCC(N2C(=O)c3cccc(OCC(=O)OCCCCCCCCOc4cccc(Nc5ncnc6[nH]ccc56)c4)c3C2=O)C(=O)N1. The number of imide groups is 2. The molecular formula is C35H36N6O8. The van der Waals surface area contributed by atoms with Crippen LogP contribution in [0.4, 0.5) is 11.5 Å². The second kappa shape index (κ2) is 15.4. The number of carbonyl (C=O) groups excluding carboxylic acids is 5. The Morgan fingerprint density at radius 2 is 1.69 bits per heavy atom. The van der Waals surface area contributed by atoms with Gasteiger partial charge < -0.3 is 24.5 Å². The normalized spacial score (nSPS) is 15.7. The zero-order valence-electron chi connectivity index (χ0n) is 26.7. The van der Waals surface area contributed by atoms with E-state index in [0.717, 1.165) is 65.3 Å². The van der Waals surface area contributed by atoms with Crippen LogP contribution in [0.3, 0.4) is 0 Å². The van der Waals surface area contributed by atoms with Gasteiger partial charge in [0, 0.05) is 24.4 Å². The predicted molar refractivity (Wildman–Crippen MR) is 176 cm³/mol. The molecule has 0 radical (unpaired) electrons. The number of nitrogens with one attached hydrogen (secondary N) is 3. The molecule has 1 fully saturated rings. The lowest BCUT2D eigenvalue weighted by Crippen LogP contribution is -2.54. The molecule has 254 valence electrons. The second-order valence-electron chi connectivity index (χ2n) is 11.7. The monoisotopic (exact) mass is 668 g/mol. The van der Waals surface area contributed by atoms with Crippen LogP contribution in [0.5, 0.6) is 11.5 Å². The summed E-state index contributed by atoms with van der Waals surface area (Å²) in [5.74, 6) is -1.54. The lowest BCUT2D eigenvalue weighted by atomic mass is 10.0. The molecule has 2 aromatic carbocycles. The fraction of sp³-hybridized carbons (Fsp3) is 0.343. The van der Waals surface area contributed by atoms with E-state index in [1.807, 2.05) is 36.5 Å². The Morgan fingerprint density at radius 1 is 0.898 bits per heavy atom. The Kier molecular flexibility index (Phi) is 10.4. The number of hydrogen-bond donors (Lipinski definition) is 3. The minimum absolute atomic E-state index is 0.0158. The number of carbonyl (C=O) groups is 5. The molecule has 0 spiro atoms. The molecule has 4 heterocycles. The number of benzene rings is 2. The number of ether oxygens (including phenoxy) is 3. The van der Waals surface area contributed by atoms with E-state index in [4.69, 9.17) is 14.2 Å². The molecule has 4 amide bonds. The van der Waals surface area contributed by atoms with Crippen molar-refractivity contribution in [3.8, 4) is 11.5 Å². The number of fused-ring (bicyclic) bond motifs is 2. The van der Waals surface area contributed by atoms with Crippen molar-refractivity contribution in [1.82, 2.24) is 25.2 Å². The summed E-state index contributed by atoms with van der Waals surface area (Å²) in [6.45, 7) is 0.413. The van der Waals surface area contributed by atoms with Crippen molar-refractivity contribution in [2.24, 2.45) is 0 Å². The van der Waals surface area contributed by atoms with Crippen LogP contribution in [0.15, 0.2) is 61.1 Å². The van der Waals surface area contributed by atoms with Crippen molar-refractivity contribution in [1.29, 1.82) is 0 Å². The predicted octanol–water partition coefficient (Wildman–Crippen LogP) is 4.44. The fourth-order valence-corrected chi connectivity index (χ4v) is 5.84. The first-order chi connectivity index (χ1) is 23.9. The zero-order chi connectivity index (χ0) is 34.2. The van der Waals surface area contributed by atoms with Crippen LogP contribution in [-0.4, -0.2) is 75.3 Å². The molecule has 6 rings (SSSR count). The highest BCUT2D eigenvalue weighted by molar-refractivity contribution is 6.24. The van der Waals surface area contributed by atoms with Gasteiger partial charge in [-0.1, -0.05) is 37.8 Å². The first-order valence-electron chi connectivity index (χ1n) is 16.3. The minimum Gasteiger partial charge on any atom is -0.494 e. The average molecular weight is 669 g/mol. The van der Waals surface area contributed by atoms with Crippen molar-refractivity contribution in [3.63, 3.8) is 0 Å². The molecule has 0 aliphatic carbocycles. The summed E-state index contributed by atoms with van der Waals surface area (Å²) in [5, 5.41) is 6.39. The van der Waals surface area contributed by atoms with Gasteiger partial charge in [0.05, 0.1) is 29.7 Å². The number of H-pyrrole nitrogens is 1. The molecule has 14 nitrogen and oxygen atoms in total. The Balaban J connectivity index is 0.839. The quantitative estimate of drug-likeness (QED) is 0.0872. The molecule has 0 saturated carbocycles.